The number of piperidine rings is 1. The van der Waals surface area contributed by atoms with Gasteiger partial charge in [0.1, 0.15) is 5.75 Å². The first-order chi connectivity index (χ1) is 12.1. The number of phenolic OH excluding ortho intramolecular Hbond substituents is 1. The molecule has 2 heterocycles. The van der Waals surface area contributed by atoms with E-state index in [0.717, 1.165) is 45.4 Å². The van der Waals surface area contributed by atoms with Gasteiger partial charge in [0.25, 0.3) is 0 Å². The molecule has 5 heteroatoms. The Balaban J connectivity index is 1.37. The molecule has 2 amide bonds. The Bertz CT molecular complexity index is 547. The largest absolute Gasteiger partial charge is 0.508 e. The molecule has 2 aliphatic rings. The highest BCUT2D eigenvalue weighted by molar-refractivity contribution is 5.74. The van der Waals surface area contributed by atoms with Gasteiger partial charge in [0, 0.05) is 25.7 Å². The maximum Gasteiger partial charge on any atom is 0.317 e. The van der Waals surface area contributed by atoms with Crippen molar-refractivity contribution in [3.63, 3.8) is 0 Å². The van der Waals surface area contributed by atoms with Crippen LogP contribution in [0.3, 0.4) is 0 Å². The molecule has 0 spiro atoms. The first-order valence-corrected chi connectivity index (χ1v) is 9.57. The van der Waals surface area contributed by atoms with Gasteiger partial charge in [0.2, 0.25) is 0 Å². The lowest BCUT2D eigenvalue weighted by molar-refractivity contribution is 0.0370. The van der Waals surface area contributed by atoms with E-state index in [1.807, 2.05) is 17.0 Å². The molecule has 5 nitrogen and oxygen atoms in total. The van der Waals surface area contributed by atoms with E-state index < -0.39 is 0 Å². The van der Waals surface area contributed by atoms with E-state index >= 15 is 0 Å². The number of aromatic hydroxyl groups is 1. The molecule has 2 N–H and O–H groups in total. The number of carbonyl (C=O) groups is 1. The van der Waals surface area contributed by atoms with Crippen LogP contribution in [0.4, 0.5) is 4.79 Å². The van der Waals surface area contributed by atoms with Gasteiger partial charge >= 0.3 is 6.03 Å². The summed E-state index contributed by atoms with van der Waals surface area (Å²) in [5, 5.41) is 12.4. The summed E-state index contributed by atoms with van der Waals surface area (Å²) in [7, 11) is 0. The lowest BCUT2D eigenvalue weighted by atomic mass is 9.90. The van der Waals surface area contributed by atoms with Crippen molar-refractivity contribution >= 4 is 6.03 Å². The number of benzene rings is 1. The Morgan fingerprint density at radius 1 is 1.28 bits per heavy atom. The van der Waals surface area contributed by atoms with E-state index in [0.29, 0.717) is 12.0 Å². The fraction of sp³-hybridized carbons (Fsp3) is 0.650. The van der Waals surface area contributed by atoms with E-state index in [2.05, 4.69) is 12.2 Å². The summed E-state index contributed by atoms with van der Waals surface area (Å²) in [5.41, 5.74) is 1.18. The molecule has 1 aromatic carbocycles. The number of carbonyl (C=O) groups excluding carboxylic acids is 1. The van der Waals surface area contributed by atoms with Crippen molar-refractivity contribution < 1.29 is 14.6 Å². The van der Waals surface area contributed by atoms with Crippen LogP contribution in [0.1, 0.15) is 44.6 Å². The van der Waals surface area contributed by atoms with Crippen molar-refractivity contribution in [2.24, 2.45) is 5.92 Å². The summed E-state index contributed by atoms with van der Waals surface area (Å²) in [6.07, 6.45) is 6.69. The number of amides is 2. The Morgan fingerprint density at radius 3 is 2.64 bits per heavy atom. The number of hydrogen-bond donors (Lipinski definition) is 2. The van der Waals surface area contributed by atoms with E-state index in [-0.39, 0.29) is 17.8 Å². The molecule has 25 heavy (non-hydrogen) atoms. The smallest absolute Gasteiger partial charge is 0.317 e. The van der Waals surface area contributed by atoms with Crippen LogP contribution in [0.2, 0.25) is 0 Å². The highest BCUT2D eigenvalue weighted by Crippen LogP contribution is 2.28. The molecular weight excluding hydrogens is 316 g/mol. The molecule has 0 aromatic heterocycles. The molecule has 2 aliphatic heterocycles. The predicted molar refractivity (Wildman–Crippen MR) is 97.7 cm³/mol. The fourth-order valence-electron chi connectivity index (χ4n) is 3.87. The van der Waals surface area contributed by atoms with E-state index in [9.17, 15) is 9.90 Å². The van der Waals surface area contributed by atoms with E-state index in [4.69, 9.17) is 4.74 Å². The normalized spacial score (nSPS) is 22.8. The Hall–Kier alpha value is -1.75. The van der Waals surface area contributed by atoms with Crippen LogP contribution in [0, 0.1) is 5.92 Å². The minimum atomic E-state index is 0.0593. The van der Waals surface area contributed by atoms with Gasteiger partial charge in [-0.3, -0.25) is 0 Å². The SMILES string of the molecule is C[C@H](CCc1ccc(O)cc1)NC(=O)N1CCC([C@H]2CCCO2)CC1. The molecule has 0 saturated carbocycles. The second-order valence-corrected chi connectivity index (χ2v) is 7.43. The monoisotopic (exact) mass is 346 g/mol. The molecule has 0 unspecified atom stereocenters. The minimum Gasteiger partial charge on any atom is -0.508 e. The molecule has 2 atom stereocenters. The topological polar surface area (TPSA) is 61.8 Å². The predicted octanol–water partition coefficient (Wildman–Crippen LogP) is 3.31. The maximum atomic E-state index is 12.4. The second kappa shape index (κ2) is 8.56. The zero-order valence-electron chi connectivity index (χ0n) is 15.1. The van der Waals surface area contributed by atoms with Crippen molar-refractivity contribution in [3.8, 4) is 5.75 Å². The van der Waals surface area contributed by atoms with Gasteiger partial charge in [-0.1, -0.05) is 12.1 Å². The van der Waals surface area contributed by atoms with Crippen LogP contribution >= 0.6 is 0 Å². The summed E-state index contributed by atoms with van der Waals surface area (Å²) in [6, 6.07) is 7.47. The van der Waals surface area contributed by atoms with Crippen molar-refractivity contribution in [1.82, 2.24) is 10.2 Å². The number of urea groups is 1. The number of rotatable bonds is 5. The Labute approximate surface area is 150 Å². The molecule has 1 aromatic rings. The first kappa shape index (κ1) is 18.1. The third-order valence-corrected chi connectivity index (χ3v) is 5.49. The van der Waals surface area contributed by atoms with Crippen LogP contribution in [0.15, 0.2) is 24.3 Å². The van der Waals surface area contributed by atoms with Gasteiger partial charge < -0.3 is 20.1 Å². The highest BCUT2D eigenvalue weighted by atomic mass is 16.5. The van der Waals surface area contributed by atoms with Crippen molar-refractivity contribution in [2.45, 2.75) is 57.6 Å². The molecule has 0 aliphatic carbocycles. The standard InChI is InChI=1S/C20H30N2O3/c1-15(4-5-16-6-8-18(23)9-7-16)21-20(24)22-12-10-17(11-13-22)19-3-2-14-25-19/h6-9,15,17,19,23H,2-5,10-14H2,1H3,(H,21,24)/t15-,19-/m1/s1. The maximum absolute atomic E-state index is 12.4. The molecule has 138 valence electrons. The lowest BCUT2D eigenvalue weighted by Crippen LogP contribution is -2.48. The van der Waals surface area contributed by atoms with E-state index in [1.54, 1.807) is 12.1 Å². The average molecular weight is 346 g/mol. The minimum absolute atomic E-state index is 0.0593. The average Bonchev–Trinajstić information content (AvgIpc) is 3.16. The van der Waals surface area contributed by atoms with Gasteiger partial charge in [0.05, 0.1) is 6.10 Å². The van der Waals surface area contributed by atoms with Gasteiger partial charge in [-0.05, 0) is 69.1 Å². The summed E-state index contributed by atoms with van der Waals surface area (Å²) in [5.74, 6) is 0.912. The van der Waals surface area contributed by atoms with Crippen molar-refractivity contribution in [3.05, 3.63) is 29.8 Å². The fourth-order valence-corrected chi connectivity index (χ4v) is 3.87. The molecule has 2 fully saturated rings. The summed E-state index contributed by atoms with van der Waals surface area (Å²) in [4.78, 5) is 14.4. The van der Waals surface area contributed by atoms with Crippen molar-refractivity contribution in [2.75, 3.05) is 19.7 Å². The molecule has 2 saturated heterocycles. The number of phenols is 1. The van der Waals surface area contributed by atoms with Gasteiger partial charge in [0.15, 0.2) is 0 Å². The number of nitrogens with one attached hydrogen (secondary N) is 1. The van der Waals surface area contributed by atoms with Crippen molar-refractivity contribution in [1.29, 1.82) is 0 Å². The number of likely N-dealkylation sites (tertiary alicyclic amines) is 1. The summed E-state index contributed by atoms with van der Waals surface area (Å²) >= 11 is 0. The number of ether oxygens (including phenoxy) is 1. The highest BCUT2D eigenvalue weighted by Gasteiger charge is 2.31. The van der Waals surface area contributed by atoms with Crippen LogP contribution in [-0.4, -0.2) is 47.9 Å². The molecular formula is C20H30N2O3. The van der Waals surface area contributed by atoms with Gasteiger partial charge in [-0.25, -0.2) is 4.79 Å². The number of hydrogen-bond acceptors (Lipinski definition) is 3. The molecule has 0 radical (unpaired) electrons. The van der Waals surface area contributed by atoms with Gasteiger partial charge in [-0.2, -0.15) is 0 Å². The van der Waals surface area contributed by atoms with Gasteiger partial charge in [-0.15, -0.1) is 0 Å². The third-order valence-electron chi connectivity index (χ3n) is 5.49. The van der Waals surface area contributed by atoms with Crippen LogP contribution < -0.4 is 5.32 Å². The molecule has 3 rings (SSSR count). The molecule has 0 bridgehead atoms. The third kappa shape index (κ3) is 5.11. The second-order valence-electron chi connectivity index (χ2n) is 7.43. The zero-order chi connectivity index (χ0) is 17.6. The van der Waals surface area contributed by atoms with Crippen LogP contribution in [-0.2, 0) is 11.2 Å². The van der Waals surface area contributed by atoms with E-state index in [1.165, 1.54) is 18.4 Å². The Morgan fingerprint density at radius 2 is 2.00 bits per heavy atom. The van der Waals surface area contributed by atoms with Crippen LogP contribution in [0.5, 0.6) is 5.75 Å². The number of aryl methyl sites for hydroxylation is 1. The lowest BCUT2D eigenvalue weighted by Gasteiger charge is -2.35. The Kier molecular flexibility index (Phi) is 6.19. The zero-order valence-corrected chi connectivity index (χ0v) is 15.1. The van der Waals surface area contributed by atoms with Crippen LogP contribution in [0.25, 0.3) is 0 Å². The summed E-state index contributed by atoms with van der Waals surface area (Å²) in [6.45, 7) is 4.63. The quantitative estimate of drug-likeness (QED) is 0.860. The first-order valence-electron chi connectivity index (χ1n) is 9.57. The number of nitrogens with zero attached hydrogens (tertiary/aromatic N) is 1. The summed E-state index contributed by atoms with van der Waals surface area (Å²) < 4.78 is 5.80.